The lowest BCUT2D eigenvalue weighted by atomic mass is 9.68. The zero-order valence-electron chi connectivity index (χ0n) is 22.4. The molecule has 3 N–H and O–H groups in total. The highest BCUT2D eigenvalue weighted by atomic mass is 32.2. The van der Waals surface area contributed by atoms with Gasteiger partial charge in [0, 0.05) is 27.3 Å². The van der Waals surface area contributed by atoms with Gasteiger partial charge in [-0.05, 0) is 49.3 Å². The number of H-pyrrole nitrogens is 1. The van der Waals surface area contributed by atoms with Crippen LogP contribution in [0.1, 0.15) is 29.7 Å². The predicted molar refractivity (Wildman–Crippen MR) is 154 cm³/mol. The first-order valence-corrected chi connectivity index (χ1v) is 15.5. The summed E-state index contributed by atoms with van der Waals surface area (Å²) < 4.78 is 6.08. The Bertz CT molecular complexity index is 1670. The van der Waals surface area contributed by atoms with Gasteiger partial charge < -0.3 is 20.1 Å². The number of hydrogen-bond donors (Lipinski definition) is 3. The van der Waals surface area contributed by atoms with Crippen molar-refractivity contribution in [2.24, 2.45) is 29.6 Å². The fraction of sp³-hybridized carbons (Fsp3) is 0.367. The van der Waals surface area contributed by atoms with E-state index in [0.717, 1.165) is 31.7 Å². The van der Waals surface area contributed by atoms with Crippen LogP contribution in [0.2, 0.25) is 0 Å². The largest absolute Gasteiger partial charge is 0.483 e. The highest BCUT2D eigenvalue weighted by molar-refractivity contribution is 8.00. The van der Waals surface area contributed by atoms with Crippen LogP contribution in [0.15, 0.2) is 64.4 Å². The SMILES string of the molecule is CC(C(=O)O)N1C(=O)C2C3CC(C2C1=O)C1C3Sc2[nH]c(=O)sc2[C@@H]1c1ccccc1OCC(=O)Nc1ccccc1. The van der Waals surface area contributed by atoms with Crippen LogP contribution in [0, 0.1) is 29.6 Å². The third-order valence-electron chi connectivity index (χ3n) is 9.17. The zero-order chi connectivity index (χ0) is 29.3. The number of likely N-dealkylation sites (tertiary alicyclic amines) is 1. The minimum atomic E-state index is -1.23. The molecule has 2 saturated carbocycles. The Hall–Kier alpha value is -3.90. The monoisotopic (exact) mass is 605 g/mol. The molecule has 3 fully saturated rings. The van der Waals surface area contributed by atoms with Gasteiger partial charge in [-0.3, -0.25) is 24.1 Å². The van der Waals surface area contributed by atoms with E-state index < -0.39 is 35.7 Å². The Labute approximate surface area is 248 Å². The lowest BCUT2D eigenvalue weighted by Crippen LogP contribution is -2.44. The molecule has 2 bridgehead atoms. The summed E-state index contributed by atoms with van der Waals surface area (Å²) in [5.74, 6) is -3.64. The van der Waals surface area contributed by atoms with Gasteiger partial charge in [0.2, 0.25) is 11.8 Å². The second-order valence-corrected chi connectivity index (χ2v) is 13.5. The molecule has 1 saturated heterocycles. The zero-order valence-corrected chi connectivity index (χ0v) is 24.0. The number of nitrogens with zero attached hydrogens (tertiary/aromatic N) is 1. The molecule has 3 heterocycles. The standard InChI is InChI=1S/C30H27N3O7S2/c1-13(29(37)38)33-27(35)22-16-11-17(23(22)28(33)36)24-21(16)20(25-26(41-24)32-30(39)42-25)15-9-5-6-10-18(15)40-12-19(34)31-14-7-3-2-4-8-14/h2-10,13,16-17,20-24H,11-12H2,1H3,(H,31,34)(H,32,39)(H,37,38)/t13?,16?,17?,20-,21?,22?,23?,24?/m1/s1. The van der Waals surface area contributed by atoms with Crippen LogP contribution in [0.5, 0.6) is 5.75 Å². The summed E-state index contributed by atoms with van der Waals surface area (Å²) in [4.78, 5) is 68.7. The molecule has 7 rings (SSSR count). The summed E-state index contributed by atoms with van der Waals surface area (Å²) in [6.45, 7) is 1.15. The van der Waals surface area contributed by atoms with Gasteiger partial charge in [0.25, 0.3) is 5.91 Å². The van der Waals surface area contributed by atoms with E-state index in [2.05, 4.69) is 10.3 Å². The number of imide groups is 1. The molecule has 3 amide bonds. The third-order valence-corrected chi connectivity index (χ3v) is 11.8. The van der Waals surface area contributed by atoms with Crippen molar-refractivity contribution in [3.05, 3.63) is 74.7 Å². The number of hydrogen-bond acceptors (Lipinski definition) is 8. The second-order valence-electron chi connectivity index (χ2n) is 11.3. The number of carbonyl (C=O) groups is 4. The van der Waals surface area contributed by atoms with Crippen molar-refractivity contribution >= 4 is 52.5 Å². The molecule has 0 radical (unpaired) electrons. The maximum atomic E-state index is 13.6. The minimum Gasteiger partial charge on any atom is -0.483 e. The average molecular weight is 606 g/mol. The fourth-order valence-corrected chi connectivity index (χ4v) is 10.5. The molecule has 42 heavy (non-hydrogen) atoms. The number of carbonyl (C=O) groups excluding carboxylic acids is 3. The number of fused-ring (bicyclic) bond motifs is 9. The quantitative estimate of drug-likeness (QED) is 0.348. The number of amides is 3. The predicted octanol–water partition coefficient (Wildman–Crippen LogP) is 3.40. The molecule has 10 nitrogen and oxygen atoms in total. The van der Waals surface area contributed by atoms with Crippen molar-refractivity contribution in [1.29, 1.82) is 0 Å². The van der Waals surface area contributed by atoms with Crippen LogP contribution in [-0.4, -0.2) is 56.6 Å². The van der Waals surface area contributed by atoms with Crippen LogP contribution in [0.4, 0.5) is 5.69 Å². The third kappa shape index (κ3) is 4.10. The lowest BCUT2D eigenvalue weighted by molar-refractivity contribution is -0.154. The van der Waals surface area contributed by atoms with Crippen LogP contribution >= 0.6 is 23.1 Å². The van der Waals surface area contributed by atoms with Gasteiger partial charge >= 0.3 is 10.8 Å². The van der Waals surface area contributed by atoms with Gasteiger partial charge in [-0.1, -0.05) is 47.7 Å². The van der Waals surface area contributed by atoms with E-state index >= 15 is 0 Å². The van der Waals surface area contributed by atoms with Crippen LogP contribution in [0.3, 0.4) is 0 Å². The van der Waals surface area contributed by atoms with E-state index in [1.807, 2.05) is 36.4 Å². The highest BCUT2D eigenvalue weighted by Crippen LogP contribution is 2.69. The van der Waals surface area contributed by atoms with Gasteiger partial charge in [-0.25, -0.2) is 4.79 Å². The maximum Gasteiger partial charge on any atom is 0.326 e. The van der Waals surface area contributed by atoms with Crippen molar-refractivity contribution in [1.82, 2.24) is 9.88 Å². The first-order chi connectivity index (χ1) is 20.2. The molecule has 2 aliphatic carbocycles. The summed E-state index contributed by atoms with van der Waals surface area (Å²) in [6.07, 6.45) is 0.683. The number of ether oxygens (including phenoxy) is 1. The fourth-order valence-electron chi connectivity index (χ4n) is 7.61. The lowest BCUT2D eigenvalue weighted by Gasteiger charge is -2.43. The van der Waals surface area contributed by atoms with E-state index in [1.165, 1.54) is 6.92 Å². The van der Waals surface area contributed by atoms with Crippen molar-refractivity contribution < 1.29 is 29.0 Å². The molecule has 1 aromatic heterocycles. The molecule has 4 aliphatic rings. The summed E-state index contributed by atoms with van der Waals surface area (Å²) in [7, 11) is 0. The Morgan fingerprint density at radius 1 is 1.05 bits per heavy atom. The van der Waals surface area contributed by atoms with Crippen molar-refractivity contribution in [3.63, 3.8) is 0 Å². The van der Waals surface area contributed by atoms with Gasteiger partial charge in [0.1, 0.15) is 11.8 Å². The van der Waals surface area contributed by atoms with Crippen LogP contribution < -0.4 is 14.9 Å². The number of thiazole rings is 1. The molecule has 12 heteroatoms. The van der Waals surface area contributed by atoms with E-state index in [4.69, 9.17) is 4.74 Å². The topological polar surface area (TPSA) is 146 Å². The number of carboxylic acids is 1. The smallest absolute Gasteiger partial charge is 0.326 e. The Kier molecular flexibility index (Phi) is 6.50. The molecule has 3 aromatic rings. The second kappa shape index (κ2) is 10.1. The number of anilines is 1. The number of benzene rings is 2. The molecular formula is C30H27N3O7S2. The molecule has 7 unspecified atom stereocenters. The maximum absolute atomic E-state index is 13.6. The van der Waals surface area contributed by atoms with E-state index in [1.54, 1.807) is 30.0 Å². The summed E-state index contributed by atoms with van der Waals surface area (Å²) >= 11 is 2.69. The van der Waals surface area contributed by atoms with Gasteiger partial charge in [0.15, 0.2) is 6.61 Å². The normalized spacial score (nSPS) is 29.5. The van der Waals surface area contributed by atoms with Crippen LogP contribution in [0.25, 0.3) is 0 Å². The van der Waals surface area contributed by atoms with E-state index in [0.29, 0.717) is 17.9 Å². The molecule has 8 atom stereocenters. The minimum absolute atomic E-state index is 0.0507. The molecular weight excluding hydrogens is 578 g/mol. The number of carboxylic acid groups (broad SMARTS) is 1. The number of aromatic amines is 1. The Morgan fingerprint density at radius 3 is 2.48 bits per heavy atom. The first kappa shape index (κ1) is 27.0. The van der Waals surface area contributed by atoms with Crippen LogP contribution in [-0.2, 0) is 19.2 Å². The van der Waals surface area contributed by atoms with Crippen molar-refractivity contribution in [2.45, 2.75) is 35.6 Å². The summed E-state index contributed by atoms with van der Waals surface area (Å²) in [6, 6.07) is 15.3. The number of aliphatic carboxylic acids is 1. The number of nitrogens with one attached hydrogen (secondary N) is 2. The number of aromatic nitrogens is 1. The van der Waals surface area contributed by atoms with Gasteiger partial charge in [-0.15, -0.1) is 11.8 Å². The van der Waals surface area contributed by atoms with Crippen molar-refractivity contribution in [2.75, 3.05) is 11.9 Å². The number of thioether (sulfide) groups is 1. The summed E-state index contributed by atoms with van der Waals surface area (Å²) in [5.41, 5.74) is 1.47. The highest BCUT2D eigenvalue weighted by Gasteiger charge is 2.70. The first-order valence-electron chi connectivity index (χ1n) is 13.8. The number of rotatable bonds is 7. The molecule has 2 aliphatic heterocycles. The van der Waals surface area contributed by atoms with Crippen molar-refractivity contribution in [3.8, 4) is 5.75 Å². The molecule has 2 aromatic carbocycles. The number of para-hydroxylation sites is 2. The molecule has 0 spiro atoms. The Balaban J connectivity index is 1.23. The average Bonchev–Trinajstić information content (AvgIpc) is 3.71. The van der Waals surface area contributed by atoms with Gasteiger partial charge in [0.05, 0.1) is 16.9 Å². The van der Waals surface area contributed by atoms with E-state index in [9.17, 15) is 29.1 Å². The molecule has 216 valence electrons. The Morgan fingerprint density at radius 2 is 1.74 bits per heavy atom. The van der Waals surface area contributed by atoms with Gasteiger partial charge in [-0.2, -0.15) is 0 Å². The summed E-state index contributed by atoms with van der Waals surface area (Å²) in [5, 5.41) is 13.1. The van der Waals surface area contributed by atoms with E-state index in [-0.39, 0.29) is 46.3 Å².